The Morgan fingerprint density at radius 3 is 2.81 bits per heavy atom. The number of anilines is 1. The van der Waals surface area contributed by atoms with Gasteiger partial charge in [0, 0.05) is 24.8 Å². The Balaban J connectivity index is 2.25. The fourth-order valence-electron chi connectivity index (χ4n) is 2.50. The number of aryl methyl sites for hydroxylation is 1. The molecule has 1 aromatic heterocycles. The zero-order valence-corrected chi connectivity index (χ0v) is 14.1. The molecule has 1 unspecified atom stereocenters. The quantitative estimate of drug-likeness (QED) is 0.800. The molecule has 0 saturated carbocycles. The molecule has 1 saturated heterocycles. The molecule has 0 aromatic carbocycles. The molecule has 0 amide bonds. The Labute approximate surface area is 131 Å². The van der Waals surface area contributed by atoms with Crippen LogP contribution in [0.25, 0.3) is 0 Å². The lowest BCUT2D eigenvalue weighted by atomic mass is 10.1. The predicted octanol–water partition coefficient (Wildman–Crippen LogP) is 2.79. The van der Waals surface area contributed by atoms with E-state index in [1.54, 1.807) is 0 Å². The molecule has 1 aromatic rings. The van der Waals surface area contributed by atoms with Crippen LogP contribution in [0.5, 0.6) is 5.88 Å². The normalized spacial score (nSPS) is 21.7. The fourth-order valence-corrected chi connectivity index (χ4v) is 2.66. The fraction of sp³-hybridized carbons (Fsp3) is 0.733. The van der Waals surface area contributed by atoms with Crippen LogP contribution >= 0.6 is 11.6 Å². The van der Waals surface area contributed by atoms with Gasteiger partial charge in [0.05, 0.1) is 23.7 Å². The SMILES string of the molecule is Cc1cc(OC(C)C)nc(N2CC(CCl)OC(C)(C)C2)n1. The first-order valence-electron chi connectivity index (χ1n) is 7.30. The molecule has 6 heteroatoms. The summed E-state index contributed by atoms with van der Waals surface area (Å²) in [5, 5.41) is 0. The minimum absolute atomic E-state index is 0.0194. The van der Waals surface area contributed by atoms with E-state index in [0.29, 0.717) is 24.3 Å². The number of nitrogens with zero attached hydrogens (tertiary/aromatic N) is 3. The van der Waals surface area contributed by atoms with Gasteiger partial charge >= 0.3 is 0 Å². The van der Waals surface area contributed by atoms with Crippen LogP contribution in [0.4, 0.5) is 5.95 Å². The van der Waals surface area contributed by atoms with Crippen molar-refractivity contribution in [3.8, 4) is 5.88 Å². The van der Waals surface area contributed by atoms with Gasteiger partial charge in [-0.05, 0) is 34.6 Å². The van der Waals surface area contributed by atoms with E-state index in [1.807, 2.05) is 26.8 Å². The summed E-state index contributed by atoms with van der Waals surface area (Å²) in [5.41, 5.74) is 0.617. The van der Waals surface area contributed by atoms with Crippen molar-refractivity contribution in [1.82, 2.24) is 9.97 Å². The zero-order valence-electron chi connectivity index (χ0n) is 13.4. The number of ether oxygens (including phenoxy) is 2. The number of hydrogen-bond donors (Lipinski definition) is 0. The second-order valence-corrected chi connectivity index (χ2v) is 6.66. The van der Waals surface area contributed by atoms with E-state index in [1.165, 1.54) is 0 Å². The Morgan fingerprint density at radius 1 is 1.48 bits per heavy atom. The summed E-state index contributed by atoms with van der Waals surface area (Å²) < 4.78 is 11.6. The van der Waals surface area contributed by atoms with Gasteiger partial charge in [-0.3, -0.25) is 0 Å². The largest absolute Gasteiger partial charge is 0.475 e. The molecule has 0 aliphatic carbocycles. The Hall–Kier alpha value is -1.07. The highest BCUT2D eigenvalue weighted by Gasteiger charge is 2.34. The van der Waals surface area contributed by atoms with Crippen molar-refractivity contribution < 1.29 is 9.47 Å². The number of hydrogen-bond acceptors (Lipinski definition) is 5. The topological polar surface area (TPSA) is 47.5 Å². The zero-order chi connectivity index (χ0) is 15.6. The lowest BCUT2D eigenvalue weighted by Gasteiger charge is -2.42. The van der Waals surface area contributed by atoms with Gasteiger partial charge in [-0.2, -0.15) is 4.98 Å². The van der Waals surface area contributed by atoms with Crippen molar-refractivity contribution in [2.75, 3.05) is 23.9 Å². The summed E-state index contributed by atoms with van der Waals surface area (Å²) in [5.74, 6) is 1.75. The van der Waals surface area contributed by atoms with Crippen LogP contribution in [-0.2, 0) is 4.74 Å². The van der Waals surface area contributed by atoms with Gasteiger partial charge in [0.2, 0.25) is 11.8 Å². The highest BCUT2D eigenvalue weighted by atomic mass is 35.5. The molecule has 1 atom stereocenters. The van der Waals surface area contributed by atoms with Gasteiger partial charge < -0.3 is 14.4 Å². The van der Waals surface area contributed by atoms with E-state index in [9.17, 15) is 0 Å². The van der Waals surface area contributed by atoms with Crippen LogP contribution in [0.15, 0.2) is 6.07 Å². The van der Waals surface area contributed by atoms with E-state index in [4.69, 9.17) is 21.1 Å². The molecule has 2 rings (SSSR count). The molecule has 0 spiro atoms. The summed E-state index contributed by atoms with van der Waals surface area (Å²) in [7, 11) is 0. The van der Waals surface area contributed by atoms with Gasteiger partial charge in [0.25, 0.3) is 0 Å². The molecule has 21 heavy (non-hydrogen) atoms. The molecule has 1 aliphatic rings. The van der Waals surface area contributed by atoms with Crippen molar-refractivity contribution in [2.24, 2.45) is 0 Å². The van der Waals surface area contributed by atoms with Crippen molar-refractivity contribution >= 4 is 17.5 Å². The standard InChI is InChI=1S/C15H24ClN3O2/c1-10(2)20-13-6-11(3)17-14(18-13)19-8-12(7-16)21-15(4,5)9-19/h6,10,12H,7-9H2,1-5H3. The van der Waals surface area contributed by atoms with Crippen molar-refractivity contribution in [1.29, 1.82) is 0 Å². The van der Waals surface area contributed by atoms with Crippen molar-refractivity contribution in [3.05, 3.63) is 11.8 Å². The third kappa shape index (κ3) is 4.45. The molecule has 0 bridgehead atoms. The molecular weight excluding hydrogens is 290 g/mol. The van der Waals surface area contributed by atoms with E-state index < -0.39 is 0 Å². The van der Waals surface area contributed by atoms with E-state index >= 15 is 0 Å². The molecule has 0 radical (unpaired) electrons. The highest BCUT2D eigenvalue weighted by molar-refractivity contribution is 6.18. The van der Waals surface area contributed by atoms with Gasteiger partial charge in [0.15, 0.2) is 0 Å². The maximum absolute atomic E-state index is 5.97. The van der Waals surface area contributed by atoms with E-state index in [-0.39, 0.29) is 17.8 Å². The first kappa shape index (κ1) is 16.3. The molecule has 1 fully saturated rings. The average Bonchev–Trinajstić information content (AvgIpc) is 2.35. The van der Waals surface area contributed by atoms with Gasteiger partial charge in [-0.1, -0.05) is 0 Å². The smallest absolute Gasteiger partial charge is 0.229 e. The van der Waals surface area contributed by atoms with Crippen molar-refractivity contribution in [2.45, 2.75) is 52.4 Å². The highest BCUT2D eigenvalue weighted by Crippen LogP contribution is 2.26. The molecule has 1 aliphatic heterocycles. The average molecular weight is 314 g/mol. The minimum Gasteiger partial charge on any atom is -0.475 e. The summed E-state index contributed by atoms with van der Waals surface area (Å²) in [6, 6.07) is 1.86. The lowest BCUT2D eigenvalue weighted by molar-refractivity contribution is -0.0738. The molecular formula is C15H24ClN3O2. The summed E-state index contributed by atoms with van der Waals surface area (Å²) in [6.45, 7) is 11.4. The number of morpholine rings is 1. The molecule has 118 valence electrons. The number of rotatable bonds is 4. The third-order valence-corrected chi connectivity index (χ3v) is 3.46. The van der Waals surface area contributed by atoms with Crippen LogP contribution in [0.3, 0.4) is 0 Å². The summed E-state index contributed by atoms with van der Waals surface area (Å²) in [4.78, 5) is 11.2. The van der Waals surface area contributed by atoms with Gasteiger partial charge in [-0.25, -0.2) is 4.98 Å². The second kappa shape index (κ2) is 6.36. The van der Waals surface area contributed by atoms with Gasteiger partial charge in [0.1, 0.15) is 0 Å². The van der Waals surface area contributed by atoms with Crippen molar-refractivity contribution in [3.63, 3.8) is 0 Å². The molecule has 5 nitrogen and oxygen atoms in total. The van der Waals surface area contributed by atoms with E-state index in [2.05, 4.69) is 28.7 Å². The first-order valence-corrected chi connectivity index (χ1v) is 7.83. The Bertz CT molecular complexity index is 494. The second-order valence-electron chi connectivity index (χ2n) is 6.35. The molecule has 2 heterocycles. The van der Waals surface area contributed by atoms with Crippen LogP contribution in [0.2, 0.25) is 0 Å². The monoisotopic (exact) mass is 313 g/mol. The maximum atomic E-state index is 5.97. The summed E-state index contributed by atoms with van der Waals surface area (Å²) in [6.07, 6.45) is 0.0675. The Kier molecular flexibility index (Phi) is 4.94. The van der Waals surface area contributed by atoms with Crippen LogP contribution in [0.1, 0.15) is 33.4 Å². The maximum Gasteiger partial charge on any atom is 0.229 e. The third-order valence-electron chi connectivity index (χ3n) is 3.11. The first-order chi connectivity index (χ1) is 9.79. The van der Waals surface area contributed by atoms with Crippen LogP contribution in [0, 0.1) is 6.92 Å². The van der Waals surface area contributed by atoms with Gasteiger partial charge in [-0.15, -0.1) is 11.6 Å². The number of aromatic nitrogens is 2. The molecule has 0 N–H and O–H groups in total. The minimum atomic E-state index is -0.274. The lowest BCUT2D eigenvalue weighted by Crippen LogP contribution is -2.54. The van der Waals surface area contributed by atoms with Crippen LogP contribution < -0.4 is 9.64 Å². The van der Waals surface area contributed by atoms with E-state index in [0.717, 1.165) is 12.2 Å². The number of alkyl halides is 1. The Morgan fingerprint density at radius 2 is 2.19 bits per heavy atom. The number of halogens is 1. The van der Waals surface area contributed by atoms with Crippen LogP contribution in [-0.4, -0.2) is 46.7 Å². The predicted molar refractivity (Wildman–Crippen MR) is 84.4 cm³/mol. The summed E-state index contributed by atoms with van der Waals surface area (Å²) >= 11 is 5.97.